The fraction of sp³-hybridized carbons (Fsp3) is 0.634. The molecule has 0 saturated carbocycles. The van der Waals surface area contributed by atoms with E-state index >= 15 is 0 Å². The maximum absolute atomic E-state index is 13.3. The largest absolute Gasteiger partial charge is 0.543 e. The summed E-state index contributed by atoms with van der Waals surface area (Å²) in [6, 6.07) is 12.5. The summed E-state index contributed by atoms with van der Waals surface area (Å²) >= 11 is 0. The van der Waals surface area contributed by atoms with Gasteiger partial charge in [0.25, 0.3) is 0 Å². The van der Waals surface area contributed by atoms with Crippen LogP contribution in [0.5, 0.6) is 5.75 Å². The summed E-state index contributed by atoms with van der Waals surface area (Å²) < 4.78 is 45.9. The van der Waals surface area contributed by atoms with E-state index in [9.17, 15) is 13.2 Å². The Kier molecular flexibility index (Phi) is 11.6. The highest BCUT2D eigenvalue weighted by Gasteiger charge is 2.42. The van der Waals surface area contributed by atoms with Crippen LogP contribution < -0.4 is 9.33 Å². The molecule has 54 heavy (non-hydrogen) atoms. The number of benzene rings is 2. The second-order valence-electron chi connectivity index (χ2n) is 19.4. The summed E-state index contributed by atoms with van der Waals surface area (Å²) in [5.74, 6) is 1.61. The first-order valence-electron chi connectivity index (χ1n) is 19.4. The summed E-state index contributed by atoms with van der Waals surface area (Å²) in [5.41, 5.74) is 2.30. The van der Waals surface area contributed by atoms with Crippen LogP contribution in [0.1, 0.15) is 91.5 Å². The van der Waals surface area contributed by atoms with Crippen molar-refractivity contribution in [1.82, 2.24) is 14.9 Å². The number of hydrogen-bond acceptors (Lipinski definition) is 9. The van der Waals surface area contributed by atoms with Gasteiger partial charge in [0, 0.05) is 31.5 Å². The van der Waals surface area contributed by atoms with E-state index in [0.29, 0.717) is 44.9 Å². The molecule has 1 aliphatic carbocycles. The van der Waals surface area contributed by atoms with Gasteiger partial charge < -0.3 is 23.4 Å². The molecule has 0 bridgehead atoms. The Morgan fingerprint density at radius 2 is 1.56 bits per heavy atom. The molecule has 2 aromatic carbocycles. The normalized spacial score (nSPS) is 19.1. The van der Waals surface area contributed by atoms with Crippen LogP contribution in [0, 0.1) is 0 Å². The number of fused-ring (bicyclic) bond motifs is 2. The molecule has 0 N–H and O–H groups in total. The molecule has 2 atom stereocenters. The SMILES string of the molecule is CC(C)(C)OC(=O)N1CCN(c2nc(S(C)(=O)=O)nc3c2CCC(c2cc(O[Si](C)(C)C(C)(C)C)cc4ccccc24)C3)[C@@H](CO[Si](C)(C)C(C)(C)C)C1. The van der Waals surface area contributed by atoms with Crippen LogP contribution in [-0.2, 0) is 31.8 Å². The van der Waals surface area contributed by atoms with Gasteiger partial charge in [-0.25, -0.2) is 23.2 Å². The zero-order valence-corrected chi connectivity index (χ0v) is 38.0. The number of carbonyl (C=O) groups is 1. The smallest absolute Gasteiger partial charge is 0.410 e. The predicted octanol–water partition coefficient (Wildman–Crippen LogP) is 9.14. The standard InChI is InChI=1S/C41H64N4O6SSi2/c1-39(2,3)50-38(46)44-21-22-45(30(26-44)27-49-53(11,12)40(4,5)6)36-33-20-19-29(24-35(33)42-37(43-36)52(10,47)48)34-25-31(51-54(13,14)41(7,8)9)23-28-17-15-16-18-32(28)34/h15-18,23,25,29-30H,19-22,24,26-27H2,1-14H3/t29?,30-/m1/s1. The Hall–Kier alpha value is -3.01. The van der Waals surface area contributed by atoms with E-state index in [1.54, 1.807) is 4.90 Å². The molecule has 2 aliphatic rings. The molecular weight excluding hydrogens is 733 g/mol. The fourth-order valence-electron chi connectivity index (χ4n) is 6.69. The van der Waals surface area contributed by atoms with Gasteiger partial charge in [-0.2, -0.15) is 0 Å². The van der Waals surface area contributed by atoms with E-state index in [-0.39, 0.29) is 33.3 Å². The molecule has 0 spiro atoms. The molecule has 1 fully saturated rings. The van der Waals surface area contributed by atoms with E-state index in [4.69, 9.17) is 23.6 Å². The predicted molar refractivity (Wildman–Crippen MR) is 224 cm³/mol. The van der Waals surface area contributed by atoms with Gasteiger partial charge in [-0.3, -0.25) is 0 Å². The molecule has 1 aromatic heterocycles. The van der Waals surface area contributed by atoms with Gasteiger partial charge in [-0.15, -0.1) is 0 Å². The minimum atomic E-state index is -3.75. The van der Waals surface area contributed by atoms with Crippen molar-refractivity contribution in [3.63, 3.8) is 0 Å². The van der Waals surface area contributed by atoms with Gasteiger partial charge in [-0.1, -0.05) is 65.8 Å². The lowest BCUT2D eigenvalue weighted by Crippen LogP contribution is -2.59. The number of ether oxygens (including phenoxy) is 1. The minimum Gasteiger partial charge on any atom is -0.543 e. The zero-order chi connectivity index (χ0) is 40.2. The number of carbonyl (C=O) groups excluding carboxylic acids is 1. The number of sulfone groups is 1. The maximum Gasteiger partial charge on any atom is 0.410 e. The van der Waals surface area contributed by atoms with Crippen LogP contribution >= 0.6 is 0 Å². The molecule has 2 heterocycles. The Bertz CT molecular complexity index is 1980. The van der Waals surface area contributed by atoms with Crippen molar-refractivity contribution in [2.45, 2.75) is 141 Å². The lowest BCUT2D eigenvalue weighted by Gasteiger charge is -2.45. The quantitative estimate of drug-likeness (QED) is 0.163. The van der Waals surface area contributed by atoms with Crippen molar-refractivity contribution in [1.29, 1.82) is 0 Å². The van der Waals surface area contributed by atoms with Gasteiger partial charge in [0.15, 0.2) is 8.32 Å². The molecule has 0 radical (unpaired) electrons. The third-order valence-electron chi connectivity index (χ3n) is 11.9. The zero-order valence-electron chi connectivity index (χ0n) is 35.2. The molecular formula is C41H64N4O6SSi2. The second-order valence-corrected chi connectivity index (χ2v) is 30.9. The highest BCUT2D eigenvalue weighted by molar-refractivity contribution is 7.90. The molecule has 3 aromatic rings. The van der Waals surface area contributed by atoms with E-state index < -0.39 is 32.1 Å². The molecule has 10 nitrogen and oxygen atoms in total. The first-order chi connectivity index (χ1) is 24.7. The van der Waals surface area contributed by atoms with E-state index in [2.05, 4.69) is 109 Å². The Labute approximate surface area is 326 Å². The van der Waals surface area contributed by atoms with Crippen LogP contribution in [0.4, 0.5) is 10.6 Å². The average Bonchev–Trinajstić information content (AvgIpc) is 3.03. The number of anilines is 1. The van der Waals surface area contributed by atoms with Crippen molar-refractivity contribution in [3.05, 3.63) is 53.2 Å². The lowest BCUT2D eigenvalue weighted by molar-refractivity contribution is 0.0198. The first-order valence-corrected chi connectivity index (χ1v) is 27.1. The van der Waals surface area contributed by atoms with Gasteiger partial charge in [0.1, 0.15) is 17.2 Å². The van der Waals surface area contributed by atoms with Gasteiger partial charge in [0.2, 0.25) is 23.3 Å². The van der Waals surface area contributed by atoms with Crippen LogP contribution in [0.25, 0.3) is 10.8 Å². The van der Waals surface area contributed by atoms with Gasteiger partial charge in [0.05, 0.1) is 18.3 Å². The third kappa shape index (κ3) is 9.33. The molecule has 5 rings (SSSR count). The van der Waals surface area contributed by atoms with Crippen LogP contribution in [-0.4, -0.2) is 90.2 Å². The molecule has 298 valence electrons. The summed E-state index contributed by atoms with van der Waals surface area (Å²) in [5, 5.41) is 2.16. The Morgan fingerprint density at radius 1 is 0.907 bits per heavy atom. The lowest BCUT2D eigenvalue weighted by atomic mass is 9.80. The van der Waals surface area contributed by atoms with E-state index in [1.165, 1.54) is 17.2 Å². The van der Waals surface area contributed by atoms with Crippen molar-refractivity contribution >= 4 is 49.2 Å². The number of hydrogen-bond donors (Lipinski definition) is 0. The summed E-state index contributed by atoms with van der Waals surface area (Å²) in [7, 11) is -8.03. The summed E-state index contributed by atoms with van der Waals surface area (Å²) in [6.07, 6.45) is 2.91. The van der Waals surface area contributed by atoms with Crippen molar-refractivity contribution in [2.75, 3.05) is 37.4 Å². The van der Waals surface area contributed by atoms with Gasteiger partial charge in [-0.05, 0) is 111 Å². The monoisotopic (exact) mass is 796 g/mol. The number of nitrogens with zero attached hydrogens (tertiary/aromatic N) is 4. The first kappa shape index (κ1) is 42.1. The maximum atomic E-state index is 13.3. The Morgan fingerprint density at radius 3 is 2.17 bits per heavy atom. The third-order valence-corrected chi connectivity index (χ3v) is 21.6. The van der Waals surface area contributed by atoms with Crippen LogP contribution in [0.2, 0.25) is 36.3 Å². The number of amides is 1. The Balaban J connectivity index is 1.56. The minimum absolute atomic E-state index is 0.0128. The molecule has 13 heteroatoms. The van der Waals surface area contributed by atoms with E-state index in [0.717, 1.165) is 28.8 Å². The summed E-state index contributed by atoms with van der Waals surface area (Å²) in [4.78, 5) is 26.8. The molecule has 1 amide bonds. The summed E-state index contributed by atoms with van der Waals surface area (Å²) in [6.45, 7) is 29.5. The van der Waals surface area contributed by atoms with Crippen LogP contribution in [0.15, 0.2) is 41.6 Å². The number of piperazine rings is 1. The fourth-order valence-corrected chi connectivity index (χ4v) is 9.27. The van der Waals surface area contributed by atoms with E-state index in [1.807, 2.05) is 20.8 Å². The number of rotatable bonds is 8. The average molecular weight is 797 g/mol. The highest BCUT2D eigenvalue weighted by Crippen LogP contribution is 2.43. The molecule has 1 unspecified atom stereocenters. The second kappa shape index (κ2) is 14.8. The molecule has 1 saturated heterocycles. The van der Waals surface area contributed by atoms with Gasteiger partial charge >= 0.3 is 6.09 Å². The molecule has 1 aliphatic heterocycles. The number of aromatic nitrogens is 2. The van der Waals surface area contributed by atoms with Crippen LogP contribution in [0.3, 0.4) is 0 Å². The highest BCUT2D eigenvalue weighted by atomic mass is 32.2. The topological polar surface area (TPSA) is 111 Å². The van der Waals surface area contributed by atoms with Crippen molar-refractivity contribution in [2.24, 2.45) is 0 Å². The van der Waals surface area contributed by atoms with Crippen molar-refractivity contribution < 1.29 is 26.8 Å². The van der Waals surface area contributed by atoms with Crippen molar-refractivity contribution in [3.8, 4) is 5.75 Å².